The van der Waals surface area contributed by atoms with Crippen LogP contribution >= 0.6 is 0 Å². The minimum absolute atomic E-state index is 0.111. The molecular weight excluding hydrogens is 473 g/mol. The minimum atomic E-state index is -0.675. The van der Waals surface area contributed by atoms with Gasteiger partial charge in [0.15, 0.2) is 11.6 Å². The number of aliphatic hydroxyl groups is 1. The lowest BCUT2D eigenvalue weighted by Crippen LogP contribution is -2.35. The highest BCUT2D eigenvalue weighted by Crippen LogP contribution is 2.50. The number of halogens is 1. The van der Waals surface area contributed by atoms with Gasteiger partial charge in [0.2, 0.25) is 11.8 Å². The third-order valence-corrected chi connectivity index (χ3v) is 7.87. The average Bonchev–Trinajstić information content (AvgIpc) is 3.43. The first-order chi connectivity index (χ1) is 17.9. The summed E-state index contributed by atoms with van der Waals surface area (Å²) >= 11 is 0. The Balaban J connectivity index is 1.41. The molecule has 1 aliphatic carbocycles. The van der Waals surface area contributed by atoms with E-state index in [0.717, 1.165) is 22.3 Å². The molecule has 3 aliphatic rings. The maximum Gasteiger partial charge on any atom is 0.233 e. The van der Waals surface area contributed by atoms with Gasteiger partial charge in [0, 0.05) is 12.5 Å². The summed E-state index contributed by atoms with van der Waals surface area (Å²) in [6.45, 7) is 2.58. The van der Waals surface area contributed by atoms with E-state index in [2.05, 4.69) is 0 Å². The van der Waals surface area contributed by atoms with Crippen molar-refractivity contribution in [1.82, 2.24) is 4.90 Å². The van der Waals surface area contributed by atoms with Crippen molar-refractivity contribution >= 4 is 23.5 Å². The SMILES string of the molecule is CCCN1C(=O)[C@@H]2[C@@H](CC(CO)=C3[C@@H](CC/C(=C/c4ccc(O)c(F)c4)c4ccccc4)OC[C@@H]32)C1=O. The van der Waals surface area contributed by atoms with Gasteiger partial charge in [-0.05, 0) is 65.7 Å². The van der Waals surface area contributed by atoms with Crippen LogP contribution in [0.2, 0.25) is 0 Å². The second kappa shape index (κ2) is 10.6. The summed E-state index contributed by atoms with van der Waals surface area (Å²) in [5, 5.41) is 19.8. The standard InChI is InChI=1S/C30H32FNO5/c1-2-12-32-29(35)22-15-21(16-33)27-23(28(22)30(32)36)17-37-26(27)11-9-20(19-6-4-3-5-7-19)13-18-8-10-25(34)24(31)14-18/h3-8,10,13-14,22-23,26,28,33-34H,2,9,11-12,15-17H2,1H3/b20-13-/t22-,23+,26-,28-/m1/s1. The number of aliphatic hydroxyl groups excluding tert-OH is 1. The van der Waals surface area contributed by atoms with Gasteiger partial charge in [0.05, 0.1) is 31.2 Å². The van der Waals surface area contributed by atoms with Gasteiger partial charge < -0.3 is 14.9 Å². The van der Waals surface area contributed by atoms with Crippen LogP contribution in [0.15, 0.2) is 59.7 Å². The number of fused-ring (bicyclic) bond motifs is 3. The highest BCUT2D eigenvalue weighted by Gasteiger charge is 2.56. The van der Waals surface area contributed by atoms with E-state index < -0.39 is 17.7 Å². The summed E-state index contributed by atoms with van der Waals surface area (Å²) in [5.74, 6) is -2.33. The predicted molar refractivity (Wildman–Crippen MR) is 138 cm³/mol. The number of nitrogens with zero attached hydrogens (tertiary/aromatic N) is 1. The van der Waals surface area contributed by atoms with Crippen molar-refractivity contribution in [3.63, 3.8) is 0 Å². The largest absolute Gasteiger partial charge is 0.505 e. The third kappa shape index (κ3) is 4.74. The van der Waals surface area contributed by atoms with E-state index >= 15 is 0 Å². The van der Waals surface area contributed by atoms with Crippen molar-refractivity contribution in [3.8, 4) is 5.75 Å². The van der Waals surface area contributed by atoms with Gasteiger partial charge in [-0.15, -0.1) is 0 Å². The van der Waals surface area contributed by atoms with Crippen LogP contribution in [0.1, 0.15) is 43.7 Å². The van der Waals surface area contributed by atoms with Crippen molar-refractivity contribution in [1.29, 1.82) is 0 Å². The Morgan fingerprint density at radius 2 is 1.92 bits per heavy atom. The third-order valence-electron chi connectivity index (χ3n) is 7.87. The normalized spacial score (nSPS) is 25.6. The zero-order valence-corrected chi connectivity index (χ0v) is 20.9. The number of benzene rings is 2. The number of aromatic hydroxyl groups is 1. The summed E-state index contributed by atoms with van der Waals surface area (Å²) in [6, 6.07) is 14.1. The molecule has 0 unspecified atom stereocenters. The van der Waals surface area contributed by atoms with E-state index in [9.17, 15) is 24.2 Å². The quantitative estimate of drug-likeness (QED) is 0.312. The second-order valence-corrected chi connectivity index (χ2v) is 10.1. The predicted octanol–water partition coefficient (Wildman–Crippen LogP) is 4.57. The number of hydrogen-bond acceptors (Lipinski definition) is 5. The fraction of sp³-hybridized carbons (Fsp3) is 0.400. The molecule has 7 heteroatoms. The summed E-state index contributed by atoms with van der Waals surface area (Å²) in [4.78, 5) is 27.6. The Kier molecular flexibility index (Phi) is 7.26. The number of carbonyl (C=O) groups excluding carboxylic acids is 2. The van der Waals surface area contributed by atoms with Gasteiger partial charge in [0.1, 0.15) is 0 Å². The van der Waals surface area contributed by atoms with E-state index in [1.807, 2.05) is 43.3 Å². The van der Waals surface area contributed by atoms with Crippen molar-refractivity contribution in [2.75, 3.05) is 19.8 Å². The topological polar surface area (TPSA) is 87.1 Å². The fourth-order valence-corrected chi connectivity index (χ4v) is 6.18. The van der Waals surface area contributed by atoms with Gasteiger partial charge in [-0.1, -0.05) is 49.4 Å². The summed E-state index contributed by atoms with van der Waals surface area (Å²) in [7, 11) is 0. The second-order valence-electron chi connectivity index (χ2n) is 10.1. The van der Waals surface area contributed by atoms with Gasteiger partial charge in [-0.2, -0.15) is 0 Å². The molecule has 2 N–H and O–H groups in total. The van der Waals surface area contributed by atoms with Crippen LogP contribution in [-0.2, 0) is 14.3 Å². The molecule has 37 heavy (non-hydrogen) atoms. The molecule has 2 fully saturated rings. The molecule has 0 radical (unpaired) electrons. The highest BCUT2D eigenvalue weighted by atomic mass is 19.1. The Hall–Kier alpha value is -3.29. The number of allylic oxidation sites excluding steroid dienone is 1. The molecule has 4 atom stereocenters. The van der Waals surface area contributed by atoms with Crippen LogP contribution in [0.5, 0.6) is 5.75 Å². The maximum absolute atomic E-state index is 14.0. The molecule has 2 aromatic carbocycles. The van der Waals surface area contributed by atoms with Crippen molar-refractivity contribution < 1.29 is 28.9 Å². The molecule has 194 valence electrons. The van der Waals surface area contributed by atoms with Crippen LogP contribution in [0.4, 0.5) is 4.39 Å². The molecule has 0 spiro atoms. The van der Waals surface area contributed by atoms with Crippen LogP contribution in [-0.4, -0.2) is 52.8 Å². The first-order valence-corrected chi connectivity index (χ1v) is 13.0. The van der Waals surface area contributed by atoms with Gasteiger partial charge in [0.25, 0.3) is 0 Å². The number of imide groups is 1. The van der Waals surface area contributed by atoms with Crippen molar-refractivity contribution in [2.24, 2.45) is 17.8 Å². The minimum Gasteiger partial charge on any atom is -0.505 e. The smallest absolute Gasteiger partial charge is 0.233 e. The number of rotatable bonds is 8. The lowest BCUT2D eigenvalue weighted by Gasteiger charge is -2.31. The lowest BCUT2D eigenvalue weighted by atomic mass is 9.69. The Morgan fingerprint density at radius 1 is 1.14 bits per heavy atom. The molecular formula is C30H32FNO5. The van der Waals surface area contributed by atoms with E-state index in [-0.39, 0.29) is 36.2 Å². The Labute approximate surface area is 216 Å². The first-order valence-electron chi connectivity index (χ1n) is 13.0. The molecule has 2 aliphatic heterocycles. The number of phenols is 1. The van der Waals surface area contributed by atoms with Crippen molar-refractivity contribution in [2.45, 2.75) is 38.7 Å². The number of likely N-dealkylation sites (tertiary alicyclic amines) is 1. The summed E-state index contributed by atoms with van der Waals surface area (Å²) < 4.78 is 20.2. The monoisotopic (exact) mass is 505 g/mol. The summed E-state index contributed by atoms with van der Waals surface area (Å²) in [5.41, 5.74) is 4.42. The van der Waals surface area contributed by atoms with E-state index in [4.69, 9.17) is 4.74 Å². The van der Waals surface area contributed by atoms with Crippen molar-refractivity contribution in [3.05, 3.63) is 76.6 Å². The van der Waals surface area contributed by atoms with E-state index in [0.29, 0.717) is 44.4 Å². The van der Waals surface area contributed by atoms with Gasteiger partial charge in [-0.3, -0.25) is 14.5 Å². The molecule has 5 rings (SSSR count). The molecule has 2 saturated heterocycles. The molecule has 6 nitrogen and oxygen atoms in total. The molecule has 2 aromatic rings. The Morgan fingerprint density at radius 3 is 2.62 bits per heavy atom. The van der Waals surface area contributed by atoms with Crippen LogP contribution in [0.3, 0.4) is 0 Å². The number of ether oxygens (including phenoxy) is 1. The zero-order chi connectivity index (χ0) is 26.1. The molecule has 0 aromatic heterocycles. The van der Waals surface area contributed by atoms with E-state index in [1.54, 1.807) is 6.07 Å². The molecule has 2 amide bonds. The number of phenolic OH excluding ortho intramolecular Hbond substituents is 1. The maximum atomic E-state index is 14.0. The van der Waals surface area contributed by atoms with Crippen LogP contribution < -0.4 is 0 Å². The van der Waals surface area contributed by atoms with Gasteiger partial charge >= 0.3 is 0 Å². The van der Waals surface area contributed by atoms with Gasteiger partial charge in [-0.25, -0.2) is 4.39 Å². The molecule has 0 saturated carbocycles. The molecule has 0 bridgehead atoms. The lowest BCUT2D eigenvalue weighted by molar-refractivity contribution is -0.140. The molecule has 2 heterocycles. The highest BCUT2D eigenvalue weighted by molar-refractivity contribution is 6.06. The van der Waals surface area contributed by atoms with E-state index in [1.165, 1.54) is 17.0 Å². The average molecular weight is 506 g/mol. The zero-order valence-electron chi connectivity index (χ0n) is 20.9. The number of carbonyl (C=O) groups is 2. The number of amides is 2. The number of hydrogen-bond donors (Lipinski definition) is 2. The first kappa shape index (κ1) is 25.4. The van der Waals surface area contributed by atoms with Crippen LogP contribution in [0.25, 0.3) is 11.6 Å². The Bertz CT molecular complexity index is 1250. The van der Waals surface area contributed by atoms with Crippen LogP contribution in [0, 0.1) is 23.6 Å². The fourth-order valence-electron chi connectivity index (χ4n) is 6.18. The summed E-state index contributed by atoms with van der Waals surface area (Å²) in [6.07, 6.45) is 3.99.